The Morgan fingerprint density at radius 3 is 2.08 bits per heavy atom. The first-order valence-electron chi connectivity index (χ1n) is 11.7. The summed E-state index contributed by atoms with van der Waals surface area (Å²) in [4.78, 5) is 0. The number of fused-ring (bicyclic) bond motifs is 1. The van der Waals surface area contributed by atoms with Crippen molar-refractivity contribution in [3.63, 3.8) is 0 Å². The van der Waals surface area contributed by atoms with Gasteiger partial charge in [0.1, 0.15) is 23.9 Å². The van der Waals surface area contributed by atoms with Gasteiger partial charge in [-0.25, -0.2) is 23.0 Å². The van der Waals surface area contributed by atoms with Gasteiger partial charge in [0.2, 0.25) is 11.4 Å². The van der Waals surface area contributed by atoms with Crippen LogP contribution in [0.1, 0.15) is 22.3 Å². The largest absolute Gasteiger partial charge is 0.497 e. The number of hydrogen-bond donors (Lipinski definition) is 0. The Bertz CT molecular complexity index is 1380. The molecule has 0 fully saturated rings. The van der Waals surface area contributed by atoms with Crippen LogP contribution in [0.4, 0.5) is 10.1 Å². The van der Waals surface area contributed by atoms with Gasteiger partial charge in [-0.3, -0.25) is 0 Å². The lowest BCUT2D eigenvalue weighted by atomic mass is 9.92. The molecule has 9 heteroatoms. The summed E-state index contributed by atoms with van der Waals surface area (Å²) in [5, 5.41) is 0. The van der Waals surface area contributed by atoms with Crippen LogP contribution in [-0.2, 0) is 13.0 Å². The molecule has 1 heterocycles. The number of methoxy groups -OCH3 is 1. The van der Waals surface area contributed by atoms with E-state index in [0.29, 0.717) is 6.61 Å². The van der Waals surface area contributed by atoms with Crippen LogP contribution in [0, 0.1) is 16.1 Å². The number of halogens is 2. The van der Waals surface area contributed by atoms with Crippen LogP contribution >= 0.6 is 0 Å². The van der Waals surface area contributed by atoms with E-state index in [-0.39, 0.29) is 5.82 Å². The van der Waals surface area contributed by atoms with E-state index in [2.05, 4.69) is 41.0 Å². The van der Waals surface area contributed by atoms with E-state index in [1.165, 1.54) is 17.7 Å². The van der Waals surface area contributed by atoms with Gasteiger partial charge in [0.05, 0.1) is 12.7 Å². The molecule has 4 aromatic carbocycles. The summed E-state index contributed by atoms with van der Waals surface area (Å²) in [7, 11) is -3.26. The highest BCUT2D eigenvalue weighted by Crippen LogP contribution is 2.29. The summed E-state index contributed by atoms with van der Waals surface area (Å²) in [5.74, 6) is 1.44. The Kier molecular flexibility index (Phi) is 8.73. The predicted octanol–water partition coefficient (Wildman–Crippen LogP) is 1.39. The lowest BCUT2D eigenvalue weighted by Crippen LogP contribution is -2.68. The van der Waals surface area contributed by atoms with Crippen LogP contribution in [-0.4, -0.2) is 23.9 Å². The highest BCUT2D eigenvalue weighted by atomic mass is 35.7. The first-order chi connectivity index (χ1) is 18.2. The molecule has 1 aliphatic heterocycles. The highest BCUT2D eigenvalue weighted by Gasteiger charge is 2.29. The van der Waals surface area contributed by atoms with E-state index in [4.69, 9.17) is 28.1 Å². The first-order valence-corrected chi connectivity index (χ1v) is 12.9. The minimum atomic E-state index is -4.94. The maximum absolute atomic E-state index is 13.6. The Labute approximate surface area is 222 Å². The van der Waals surface area contributed by atoms with Gasteiger partial charge in [0.15, 0.2) is 6.54 Å². The van der Waals surface area contributed by atoms with E-state index < -0.39 is 10.2 Å². The third-order valence-corrected chi connectivity index (χ3v) is 5.96. The molecule has 0 aliphatic carbocycles. The van der Waals surface area contributed by atoms with Crippen molar-refractivity contribution in [2.24, 2.45) is 0 Å². The van der Waals surface area contributed by atoms with Gasteiger partial charge in [-0.2, -0.15) is 4.58 Å². The minimum absolute atomic E-state index is 0.234. The number of rotatable bonds is 6. The number of hydrogen-bond acceptors (Lipinski definition) is 6. The van der Waals surface area contributed by atoms with Gasteiger partial charge in [0.25, 0.3) is 0 Å². The second-order valence-electron chi connectivity index (χ2n) is 8.43. The summed E-state index contributed by atoms with van der Waals surface area (Å²) in [6.45, 7) is 1.33. The fraction of sp³-hybridized carbons (Fsp3) is 0.138. The maximum atomic E-state index is 13.6. The monoisotopic (exact) mass is 537 g/mol. The quantitative estimate of drug-likeness (QED) is 0.343. The molecule has 7 nitrogen and oxygen atoms in total. The molecule has 38 heavy (non-hydrogen) atoms. The van der Waals surface area contributed by atoms with Crippen LogP contribution in [0.25, 0.3) is 0 Å². The second-order valence-corrected chi connectivity index (χ2v) is 9.18. The van der Waals surface area contributed by atoms with Crippen molar-refractivity contribution in [3.8, 4) is 11.5 Å². The van der Waals surface area contributed by atoms with Crippen molar-refractivity contribution in [3.05, 3.63) is 125 Å². The van der Waals surface area contributed by atoms with Gasteiger partial charge in [-0.15, -0.1) is 10.2 Å². The smallest absolute Gasteiger partial charge is 0.220 e. The third kappa shape index (κ3) is 7.38. The van der Waals surface area contributed by atoms with Gasteiger partial charge < -0.3 is 9.47 Å². The molecule has 1 aliphatic rings. The number of nitrogens with zero attached hydrogens (tertiary/aromatic N) is 1. The Morgan fingerprint density at radius 1 is 0.816 bits per heavy atom. The molecule has 0 bridgehead atoms. The molecule has 196 valence electrons. The lowest BCUT2D eigenvalue weighted by molar-refractivity contribution is -2.00. The van der Waals surface area contributed by atoms with E-state index in [1.54, 1.807) is 7.11 Å². The van der Waals surface area contributed by atoms with Crippen molar-refractivity contribution >= 4 is 11.4 Å². The van der Waals surface area contributed by atoms with Crippen molar-refractivity contribution in [1.29, 1.82) is 0 Å². The van der Waals surface area contributed by atoms with E-state index in [9.17, 15) is 4.39 Å². The summed E-state index contributed by atoms with van der Waals surface area (Å²) < 4.78 is 61.2. The topological polar surface area (TPSA) is 114 Å². The van der Waals surface area contributed by atoms with Gasteiger partial charge >= 0.3 is 0 Å². The van der Waals surface area contributed by atoms with Crippen LogP contribution in [0.15, 0.2) is 97.1 Å². The molecule has 0 saturated carbocycles. The molecule has 4 aromatic rings. The molecule has 0 aromatic heterocycles. The molecule has 0 unspecified atom stereocenters. The van der Waals surface area contributed by atoms with Gasteiger partial charge in [-0.05, 0) is 65.7 Å². The molecule has 0 radical (unpaired) electrons. The van der Waals surface area contributed by atoms with Crippen molar-refractivity contribution < 1.29 is 47.3 Å². The van der Waals surface area contributed by atoms with E-state index in [0.717, 1.165) is 52.6 Å². The second kappa shape index (κ2) is 12.2. The Morgan fingerprint density at radius 2 is 1.45 bits per heavy atom. The molecule has 0 spiro atoms. The van der Waals surface area contributed by atoms with E-state index in [1.807, 2.05) is 48.5 Å². The van der Waals surface area contributed by atoms with Crippen LogP contribution < -0.4 is 28.1 Å². The average Bonchev–Trinajstić information content (AvgIpc) is 2.91. The summed E-state index contributed by atoms with van der Waals surface area (Å²) >= 11 is 0. The fourth-order valence-electron chi connectivity index (χ4n) is 4.26. The lowest BCUT2D eigenvalue weighted by Gasteiger charge is -2.19. The Hall–Kier alpha value is -3.79. The molecule has 0 atom stereocenters. The summed E-state index contributed by atoms with van der Waals surface area (Å²) in [5.41, 5.74) is 6.68. The molecule has 0 N–H and O–H groups in total. The third-order valence-electron chi connectivity index (χ3n) is 5.96. The zero-order valence-electron chi connectivity index (χ0n) is 20.5. The SMILES string of the molecule is COc1ccc2c(c1)CC[N+](c1ccc(F)cc1)=C2c1ccc(OCc2ccccc2)cc1.[O-][Cl+3]([O-])([O-])[O-]. The van der Waals surface area contributed by atoms with Gasteiger partial charge in [-0.1, -0.05) is 30.3 Å². The van der Waals surface area contributed by atoms with Crippen LogP contribution in [0.2, 0.25) is 0 Å². The normalized spacial score (nSPS) is 12.8. The van der Waals surface area contributed by atoms with Gasteiger partial charge in [0, 0.05) is 24.1 Å². The Balaban J connectivity index is 0.000000617. The average molecular weight is 538 g/mol. The van der Waals surface area contributed by atoms with Crippen LogP contribution in [0.5, 0.6) is 11.5 Å². The molecular formula is C29H25ClFNO6. The zero-order valence-corrected chi connectivity index (χ0v) is 21.3. The summed E-state index contributed by atoms with van der Waals surface area (Å²) in [6.07, 6.45) is 0.881. The van der Waals surface area contributed by atoms with Crippen molar-refractivity contribution in [2.45, 2.75) is 13.0 Å². The molecule has 5 rings (SSSR count). The molecule has 0 amide bonds. The predicted molar refractivity (Wildman–Crippen MR) is 128 cm³/mol. The molecule has 0 saturated heterocycles. The molecular weight excluding hydrogens is 513 g/mol. The van der Waals surface area contributed by atoms with Crippen molar-refractivity contribution in [1.82, 2.24) is 0 Å². The van der Waals surface area contributed by atoms with Crippen molar-refractivity contribution in [2.75, 3.05) is 13.7 Å². The standard InChI is InChI=1S/C29H25FNO2.ClHO4/c1-32-27-15-16-28-23(19-27)17-18-31(25-11-9-24(30)10-12-25)29(28)22-7-13-26(14-8-22)33-20-21-5-3-2-4-6-21;2-1(3,4)5/h2-16,19H,17-18,20H2,1H3;(H,2,3,4,5)/q+1;/p-1. The first kappa shape index (κ1) is 27.3. The summed E-state index contributed by atoms with van der Waals surface area (Å²) in [6, 6.07) is 31.2. The number of ether oxygens (including phenoxy) is 2. The van der Waals surface area contributed by atoms with Crippen LogP contribution in [0.3, 0.4) is 0 Å². The number of benzene rings is 4. The highest BCUT2D eigenvalue weighted by molar-refractivity contribution is 6.11. The maximum Gasteiger partial charge on any atom is 0.220 e. The minimum Gasteiger partial charge on any atom is -0.497 e. The fourth-order valence-corrected chi connectivity index (χ4v) is 4.26. The zero-order chi connectivity index (χ0) is 27.1. The van der Waals surface area contributed by atoms with E-state index >= 15 is 0 Å².